The van der Waals surface area contributed by atoms with Crippen molar-refractivity contribution in [2.75, 3.05) is 0 Å². The fraction of sp³-hybridized carbons (Fsp3) is 0.0526. The number of hydrogen-bond donors (Lipinski definition) is 4. The van der Waals surface area contributed by atoms with Crippen molar-refractivity contribution in [2.24, 2.45) is 5.73 Å². The Balaban J connectivity index is 1.97. The summed E-state index contributed by atoms with van der Waals surface area (Å²) in [6.45, 7) is 0. The number of H-pyrrole nitrogens is 1. The number of aromatic amines is 1. The lowest BCUT2D eigenvalue weighted by Gasteiger charge is -2.24. The van der Waals surface area contributed by atoms with Crippen LogP contribution in [0.4, 0.5) is 0 Å². The number of fused-ring (bicyclic) bond motifs is 1. The number of nitrogens with two attached hydrogens (primary N) is 1. The van der Waals surface area contributed by atoms with Crippen LogP contribution in [0, 0.1) is 11.3 Å². The van der Waals surface area contributed by atoms with E-state index in [-0.39, 0.29) is 28.8 Å². The molecule has 0 amide bonds. The van der Waals surface area contributed by atoms with Crippen LogP contribution in [0.15, 0.2) is 60.0 Å². The maximum absolute atomic E-state index is 9.91. The van der Waals surface area contributed by atoms with E-state index in [4.69, 9.17) is 10.5 Å². The molecule has 0 aliphatic carbocycles. The maximum Gasteiger partial charge on any atom is 0.244 e. The molecule has 1 aliphatic rings. The van der Waals surface area contributed by atoms with Gasteiger partial charge in [0.25, 0.3) is 0 Å². The van der Waals surface area contributed by atoms with Gasteiger partial charge in [0.05, 0.1) is 17.2 Å². The van der Waals surface area contributed by atoms with Crippen LogP contribution in [-0.2, 0) is 0 Å². The topological polar surface area (TPSA) is 128 Å². The minimum Gasteiger partial charge on any atom is -0.504 e. The Morgan fingerprint density at radius 3 is 2.58 bits per heavy atom. The SMILES string of the molecule is N#CC1=C(N)Oc2n[nH]c(-c3ccccc3)c2[C@H]1c1ccc(O)c(O)c1. The molecule has 4 rings (SSSR count). The van der Waals surface area contributed by atoms with Crippen LogP contribution in [-0.4, -0.2) is 20.4 Å². The second kappa shape index (κ2) is 5.86. The normalized spacial score (nSPS) is 15.9. The van der Waals surface area contributed by atoms with Crippen molar-refractivity contribution < 1.29 is 14.9 Å². The second-order valence-corrected chi connectivity index (χ2v) is 5.86. The molecule has 5 N–H and O–H groups in total. The number of ether oxygens (including phenoxy) is 1. The lowest BCUT2D eigenvalue weighted by molar-refractivity contribution is 0.378. The molecular weight excluding hydrogens is 332 g/mol. The van der Waals surface area contributed by atoms with Crippen LogP contribution in [0.1, 0.15) is 17.0 Å². The predicted octanol–water partition coefficient (Wildman–Crippen LogP) is 2.71. The first-order chi connectivity index (χ1) is 12.6. The van der Waals surface area contributed by atoms with Gasteiger partial charge in [-0.3, -0.25) is 5.10 Å². The Morgan fingerprint density at radius 1 is 1.12 bits per heavy atom. The quantitative estimate of drug-likeness (QED) is 0.528. The largest absolute Gasteiger partial charge is 0.504 e. The third kappa shape index (κ3) is 2.32. The molecule has 1 aliphatic heterocycles. The highest BCUT2D eigenvalue weighted by atomic mass is 16.5. The van der Waals surface area contributed by atoms with Gasteiger partial charge in [0.15, 0.2) is 11.5 Å². The number of phenols is 2. The number of aromatic hydroxyl groups is 2. The molecule has 0 fully saturated rings. The molecule has 7 nitrogen and oxygen atoms in total. The molecule has 2 heterocycles. The number of nitrogens with zero attached hydrogens (tertiary/aromatic N) is 2. The van der Waals surface area contributed by atoms with Crippen LogP contribution >= 0.6 is 0 Å². The molecule has 0 spiro atoms. The average Bonchev–Trinajstić information content (AvgIpc) is 3.07. The Morgan fingerprint density at radius 2 is 1.88 bits per heavy atom. The van der Waals surface area contributed by atoms with Gasteiger partial charge in [-0.1, -0.05) is 36.4 Å². The molecule has 0 saturated carbocycles. The number of nitrogens with one attached hydrogen (secondary N) is 1. The van der Waals surface area contributed by atoms with Gasteiger partial charge >= 0.3 is 0 Å². The standard InChI is InChI=1S/C19H14N4O3/c20-9-12-15(11-6-7-13(24)14(25)8-11)16-17(10-4-2-1-3-5-10)22-23-19(16)26-18(12)21/h1-8,15,24-25H,21H2,(H,22,23)/t15-/m0/s1. The number of hydrogen-bond acceptors (Lipinski definition) is 6. The highest BCUT2D eigenvalue weighted by Gasteiger charge is 2.35. The van der Waals surface area contributed by atoms with Gasteiger partial charge in [-0.05, 0) is 23.3 Å². The summed E-state index contributed by atoms with van der Waals surface area (Å²) in [4.78, 5) is 0. The minimum absolute atomic E-state index is 0.0383. The predicted molar refractivity (Wildman–Crippen MR) is 93.1 cm³/mol. The first-order valence-corrected chi connectivity index (χ1v) is 7.83. The smallest absolute Gasteiger partial charge is 0.244 e. The van der Waals surface area contributed by atoms with Crippen molar-refractivity contribution in [1.82, 2.24) is 10.2 Å². The molecular formula is C19H14N4O3. The third-order valence-electron chi connectivity index (χ3n) is 4.33. The lowest BCUT2D eigenvalue weighted by Crippen LogP contribution is -2.20. The van der Waals surface area contributed by atoms with Crippen LogP contribution in [0.5, 0.6) is 17.4 Å². The maximum atomic E-state index is 9.91. The lowest BCUT2D eigenvalue weighted by atomic mass is 9.83. The molecule has 3 aromatic rings. The van der Waals surface area contributed by atoms with E-state index in [1.165, 1.54) is 12.1 Å². The molecule has 1 aromatic heterocycles. The fourth-order valence-corrected chi connectivity index (χ4v) is 3.12. The van der Waals surface area contributed by atoms with Gasteiger partial charge < -0.3 is 20.7 Å². The van der Waals surface area contributed by atoms with Crippen LogP contribution < -0.4 is 10.5 Å². The van der Waals surface area contributed by atoms with Gasteiger partial charge in [-0.25, -0.2) is 0 Å². The van der Waals surface area contributed by atoms with E-state index in [1.54, 1.807) is 6.07 Å². The Kier molecular flexibility index (Phi) is 3.52. The van der Waals surface area contributed by atoms with Crippen LogP contribution in [0.3, 0.4) is 0 Å². The van der Waals surface area contributed by atoms with Crippen molar-refractivity contribution in [3.05, 3.63) is 71.1 Å². The number of nitriles is 1. The molecule has 26 heavy (non-hydrogen) atoms. The van der Waals surface area contributed by atoms with Gasteiger partial charge in [0, 0.05) is 0 Å². The van der Waals surface area contributed by atoms with Gasteiger partial charge in [0.1, 0.15) is 11.6 Å². The second-order valence-electron chi connectivity index (χ2n) is 5.86. The molecule has 2 aromatic carbocycles. The van der Waals surface area contributed by atoms with E-state index in [9.17, 15) is 15.5 Å². The summed E-state index contributed by atoms with van der Waals surface area (Å²) in [5.41, 5.74) is 8.92. The molecule has 0 radical (unpaired) electrons. The molecule has 1 atom stereocenters. The Labute approximate surface area is 148 Å². The van der Waals surface area contributed by atoms with Gasteiger partial charge in [-0.2, -0.15) is 5.26 Å². The van der Waals surface area contributed by atoms with Crippen molar-refractivity contribution in [2.45, 2.75) is 5.92 Å². The highest BCUT2D eigenvalue weighted by Crippen LogP contribution is 2.46. The zero-order chi connectivity index (χ0) is 18.3. The van der Waals surface area contributed by atoms with Gasteiger partial charge in [-0.15, -0.1) is 5.10 Å². The summed E-state index contributed by atoms with van der Waals surface area (Å²) in [6, 6.07) is 16.0. The van der Waals surface area contributed by atoms with Crippen molar-refractivity contribution >= 4 is 0 Å². The fourth-order valence-electron chi connectivity index (χ4n) is 3.12. The number of benzene rings is 2. The number of allylic oxidation sites excluding steroid dienone is 1. The Bertz CT molecular complexity index is 1060. The first-order valence-electron chi connectivity index (χ1n) is 7.83. The third-order valence-corrected chi connectivity index (χ3v) is 4.33. The van der Waals surface area contributed by atoms with Crippen molar-refractivity contribution in [3.8, 4) is 34.7 Å². The van der Waals surface area contributed by atoms with Crippen molar-refractivity contribution in [1.29, 1.82) is 5.26 Å². The minimum atomic E-state index is -0.593. The summed E-state index contributed by atoms with van der Waals surface area (Å²) < 4.78 is 5.52. The van der Waals surface area contributed by atoms with E-state index in [0.29, 0.717) is 16.8 Å². The van der Waals surface area contributed by atoms with E-state index in [0.717, 1.165) is 5.56 Å². The van der Waals surface area contributed by atoms with E-state index in [1.807, 2.05) is 30.3 Å². The number of aromatic nitrogens is 2. The molecule has 0 saturated heterocycles. The van der Waals surface area contributed by atoms with Crippen LogP contribution in [0.2, 0.25) is 0 Å². The average molecular weight is 346 g/mol. The van der Waals surface area contributed by atoms with Gasteiger partial charge in [0.2, 0.25) is 11.8 Å². The summed E-state index contributed by atoms with van der Waals surface area (Å²) in [5, 5.41) is 36.3. The summed E-state index contributed by atoms with van der Waals surface area (Å²) >= 11 is 0. The van der Waals surface area contributed by atoms with Crippen LogP contribution in [0.25, 0.3) is 11.3 Å². The van der Waals surface area contributed by atoms with E-state index >= 15 is 0 Å². The zero-order valence-corrected chi connectivity index (χ0v) is 13.5. The van der Waals surface area contributed by atoms with Crippen molar-refractivity contribution in [3.63, 3.8) is 0 Å². The monoisotopic (exact) mass is 346 g/mol. The summed E-state index contributed by atoms with van der Waals surface area (Å²) in [5.74, 6) is -0.881. The zero-order valence-electron chi connectivity index (χ0n) is 13.5. The molecule has 0 unspecified atom stereocenters. The highest BCUT2D eigenvalue weighted by molar-refractivity contribution is 5.71. The molecule has 7 heteroatoms. The first kappa shape index (κ1) is 15.6. The number of rotatable bonds is 2. The molecule has 0 bridgehead atoms. The summed E-state index contributed by atoms with van der Waals surface area (Å²) in [7, 11) is 0. The van der Waals surface area contributed by atoms with E-state index < -0.39 is 5.92 Å². The Hall–Kier alpha value is -3.92. The number of phenolic OH excluding ortho intramolecular Hbond substituents is 2. The summed E-state index contributed by atoms with van der Waals surface area (Å²) in [6.07, 6.45) is 0. The molecule has 128 valence electrons. The van der Waals surface area contributed by atoms with E-state index in [2.05, 4.69) is 16.3 Å².